The number of benzene rings is 5. The Balaban J connectivity index is 0.924. The summed E-state index contributed by atoms with van der Waals surface area (Å²) >= 11 is 0. The lowest BCUT2D eigenvalue weighted by atomic mass is 9.87. The summed E-state index contributed by atoms with van der Waals surface area (Å²) in [5.74, 6) is 0.315. The molecule has 5 aromatic carbocycles. The number of fused-ring (bicyclic) bond motifs is 6. The molecule has 0 bridgehead atoms. The third kappa shape index (κ3) is 4.83. The molecule has 49 heavy (non-hydrogen) atoms. The van der Waals surface area contributed by atoms with Gasteiger partial charge in [0.1, 0.15) is 6.17 Å². The number of para-hydroxylation sites is 2. The smallest absolute Gasteiger partial charge is 0.111 e. The molecule has 3 nitrogen and oxygen atoms in total. The summed E-state index contributed by atoms with van der Waals surface area (Å²) in [6.07, 6.45) is 18.9. The molecule has 0 saturated carbocycles. The molecule has 0 saturated heterocycles. The number of hydrogen-bond acceptors (Lipinski definition) is 3. The van der Waals surface area contributed by atoms with Crippen LogP contribution >= 0.6 is 0 Å². The van der Waals surface area contributed by atoms with E-state index in [1.165, 1.54) is 80.0 Å². The second-order valence-electron chi connectivity index (χ2n) is 14.0. The first-order chi connectivity index (χ1) is 24.3. The van der Waals surface area contributed by atoms with E-state index in [1.807, 2.05) is 0 Å². The van der Waals surface area contributed by atoms with Gasteiger partial charge >= 0.3 is 0 Å². The van der Waals surface area contributed by atoms with Crippen LogP contribution in [0.1, 0.15) is 42.9 Å². The number of nitrogens with one attached hydrogen (secondary N) is 2. The van der Waals surface area contributed by atoms with Gasteiger partial charge in [0.05, 0.1) is 17.1 Å². The molecule has 4 unspecified atom stereocenters. The average molecular weight is 634 g/mol. The summed E-state index contributed by atoms with van der Waals surface area (Å²) in [6, 6.07) is 43.4. The molecule has 2 aliphatic carbocycles. The minimum atomic E-state index is 0.123. The monoisotopic (exact) mass is 633 g/mol. The molecule has 3 heteroatoms. The summed E-state index contributed by atoms with van der Waals surface area (Å²) in [5.41, 5.74) is 17.0. The highest BCUT2D eigenvalue weighted by Crippen LogP contribution is 2.55. The Kier molecular flexibility index (Phi) is 6.80. The largest absolute Gasteiger partial charge is 0.363 e. The summed E-state index contributed by atoms with van der Waals surface area (Å²) < 4.78 is 0. The minimum absolute atomic E-state index is 0.123. The predicted molar refractivity (Wildman–Crippen MR) is 205 cm³/mol. The lowest BCUT2D eigenvalue weighted by Gasteiger charge is -2.33. The van der Waals surface area contributed by atoms with Gasteiger partial charge in [-0.3, -0.25) is 5.32 Å². The molecule has 5 aromatic rings. The Hall–Kier alpha value is -5.38. The van der Waals surface area contributed by atoms with Crippen LogP contribution in [0.4, 0.5) is 17.1 Å². The maximum absolute atomic E-state index is 3.95. The van der Waals surface area contributed by atoms with Gasteiger partial charge < -0.3 is 10.2 Å². The van der Waals surface area contributed by atoms with Crippen LogP contribution in [0.3, 0.4) is 0 Å². The van der Waals surface area contributed by atoms with Crippen molar-refractivity contribution in [2.45, 2.75) is 43.9 Å². The molecule has 0 aromatic heterocycles. The van der Waals surface area contributed by atoms with E-state index in [2.05, 4.69) is 167 Å². The van der Waals surface area contributed by atoms with E-state index < -0.39 is 0 Å². The fraction of sp³-hybridized carbons (Fsp3) is 0.174. The second-order valence-corrected chi connectivity index (χ2v) is 14.0. The molecule has 0 fully saturated rings. The summed E-state index contributed by atoms with van der Waals surface area (Å²) in [7, 11) is 0. The van der Waals surface area contributed by atoms with Crippen molar-refractivity contribution in [3.63, 3.8) is 0 Å². The zero-order valence-electron chi connectivity index (χ0n) is 27.5. The number of rotatable bonds is 4. The second kappa shape index (κ2) is 11.6. The summed E-state index contributed by atoms with van der Waals surface area (Å²) in [4.78, 5) is 2.57. The van der Waals surface area contributed by atoms with Crippen LogP contribution in [0.15, 0.2) is 157 Å². The minimum Gasteiger partial charge on any atom is -0.363 e. The van der Waals surface area contributed by atoms with Crippen LogP contribution in [-0.4, -0.2) is 12.2 Å². The van der Waals surface area contributed by atoms with Gasteiger partial charge in [-0.25, -0.2) is 0 Å². The maximum Gasteiger partial charge on any atom is 0.111 e. The Morgan fingerprint density at radius 1 is 0.633 bits per heavy atom. The van der Waals surface area contributed by atoms with Crippen molar-refractivity contribution >= 4 is 22.6 Å². The lowest BCUT2D eigenvalue weighted by Crippen LogP contribution is -2.38. The zero-order valence-corrected chi connectivity index (χ0v) is 27.5. The first kappa shape index (κ1) is 28.6. The van der Waals surface area contributed by atoms with Gasteiger partial charge in [0.15, 0.2) is 0 Å². The predicted octanol–water partition coefficient (Wildman–Crippen LogP) is 11.2. The first-order valence-electron chi connectivity index (χ1n) is 17.9. The topological polar surface area (TPSA) is 27.3 Å². The standard InChI is InChI=1S/C46H39N3/c1-5-19-41-31(10-1)26-27-42(47-41)36-14-8-13-35(29-36)34-12-7-11-33(28-34)30-22-24-32(25-23-30)46-48-43-20-9-18-40-38-16-3-2-15-37(38)39-17-4-6-21-44(39)49(46)45(40)43/h2-9,11-24,26,28-29,32,41-42,46-48H,1,10,25,27H2. The highest BCUT2D eigenvalue weighted by molar-refractivity contribution is 6.05. The number of nitrogens with zero attached hydrogens (tertiary/aromatic N) is 1. The SMILES string of the molecule is C1=CC2NC(c3cccc(-c4cccc(C5=CCC(C6Nc7cccc8c7N6c6ccccc6-c6ccccc6-8)C=C5)c4)c3)CC=C2CC1. The van der Waals surface area contributed by atoms with Crippen molar-refractivity contribution in [1.82, 2.24) is 5.32 Å². The van der Waals surface area contributed by atoms with E-state index in [-0.39, 0.29) is 6.17 Å². The van der Waals surface area contributed by atoms with Gasteiger partial charge in [-0.1, -0.05) is 133 Å². The molecule has 10 rings (SSSR count). The normalized spacial score (nSPS) is 22.9. The number of hydrogen-bond donors (Lipinski definition) is 2. The molecule has 2 N–H and O–H groups in total. The van der Waals surface area contributed by atoms with Crippen LogP contribution in [-0.2, 0) is 0 Å². The van der Waals surface area contributed by atoms with Crippen molar-refractivity contribution in [1.29, 1.82) is 0 Å². The van der Waals surface area contributed by atoms with E-state index in [4.69, 9.17) is 0 Å². The highest BCUT2D eigenvalue weighted by Gasteiger charge is 2.39. The summed E-state index contributed by atoms with van der Waals surface area (Å²) in [5, 5.41) is 7.84. The highest BCUT2D eigenvalue weighted by atomic mass is 15.3. The van der Waals surface area contributed by atoms with Crippen LogP contribution in [0.25, 0.3) is 39.0 Å². The third-order valence-corrected chi connectivity index (χ3v) is 11.2. The Morgan fingerprint density at radius 3 is 2.27 bits per heavy atom. The van der Waals surface area contributed by atoms with Crippen molar-refractivity contribution < 1.29 is 0 Å². The Bertz CT molecular complexity index is 2240. The molecule has 0 spiro atoms. The Labute approximate surface area is 289 Å². The molecule has 3 heterocycles. The van der Waals surface area contributed by atoms with Gasteiger partial charge in [-0.2, -0.15) is 0 Å². The fourth-order valence-electron chi connectivity index (χ4n) is 8.77. The number of anilines is 3. The van der Waals surface area contributed by atoms with E-state index in [9.17, 15) is 0 Å². The molecule has 3 aliphatic heterocycles. The lowest BCUT2D eigenvalue weighted by molar-refractivity contribution is 0.476. The molecule has 5 aliphatic rings. The van der Waals surface area contributed by atoms with Gasteiger partial charge in [-0.05, 0) is 88.9 Å². The van der Waals surface area contributed by atoms with Crippen LogP contribution in [0, 0.1) is 5.92 Å². The van der Waals surface area contributed by atoms with E-state index >= 15 is 0 Å². The van der Waals surface area contributed by atoms with Gasteiger partial charge in [0.25, 0.3) is 0 Å². The molecule has 0 amide bonds. The molecule has 0 radical (unpaired) electrons. The van der Waals surface area contributed by atoms with Crippen molar-refractivity contribution in [2.75, 3.05) is 10.2 Å². The zero-order chi connectivity index (χ0) is 32.3. The van der Waals surface area contributed by atoms with Crippen LogP contribution < -0.4 is 15.5 Å². The summed E-state index contributed by atoms with van der Waals surface area (Å²) in [6.45, 7) is 0. The van der Waals surface area contributed by atoms with Crippen LogP contribution in [0.5, 0.6) is 0 Å². The van der Waals surface area contributed by atoms with Gasteiger partial charge in [0, 0.05) is 29.1 Å². The maximum atomic E-state index is 3.95. The van der Waals surface area contributed by atoms with Gasteiger partial charge in [0.2, 0.25) is 0 Å². The van der Waals surface area contributed by atoms with E-state index in [1.54, 1.807) is 5.57 Å². The average Bonchev–Trinajstić information content (AvgIpc) is 3.52. The molecular formula is C46H39N3. The number of allylic oxidation sites excluding steroid dienone is 4. The van der Waals surface area contributed by atoms with E-state index in [0.717, 1.165) is 12.8 Å². The third-order valence-electron chi connectivity index (χ3n) is 11.2. The fourth-order valence-corrected chi connectivity index (χ4v) is 8.77. The van der Waals surface area contributed by atoms with Crippen molar-refractivity contribution in [3.05, 3.63) is 168 Å². The van der Waals surface area contributed by atoms with E-state index in [0.29, 0.717) is 18.0 Å². The van der Waals surface area contributed by atoms with Crippen molar-refractivity contribution in [2.24, 2.45) is 5.92 Å². The quantitative estimate of drug-likeness (QED) is 0.193. The van der Waals surface area contributed by atoms with Crippen molar-refractivity contribution in [3.8, 4) is 33.4 Å². The van der Waals surface area contributed by atoms with Gasteiger partial charge in [-0.15, -0.1) is 0 Å². The first-order valence-corrected chi connectivity index (χ1v) is 17.9. The van der Waals surface area contributed by atoms with Crippen LogP contribution in [0.2, 0.25) is 0 Å². The molecule has 238 valence electrons. The Morgan fingerprint density at radius 2 is 1.39 bits per heavy atom. The molecule has 4 atom stereocenters. The molecular weight excluding hydrogens is 595 g/mol.